The van der Waals surface area contributed by atoms with Crippen molar-refractivity contribution in [1.29, 1.82) is 5.41 Å². The van der Waals surface area contributed by atoms with E-state index in [0.29, 0.717) is 18.0 Å². The minimum Gasteiger partial charge on any atom is -0.413 e. The Labute approximate surface area is 90.2 Å². The van der Waals surface area contributed by atoms with Crippen molar-refractivity contribution in [2.45, 2.75) is 20.8 Å². The van der Waals surface area contributed by atoms with Gasteiger partial charge in [0.05, 0.1) is 5.71 Å². The standard InChI is InChI=1S/C10H18N4O/c1-4-14-15-9(3)5-10(13-7-12)8(2)6-11/h5-7,12,14H,4,11H2,1-3H3/b8-6+,9-5+,12-7?,13-10?. The molecule has 0 spiro atoms. The van der Waals surface area contributed by atoms with Crippen molar-refractivity contribution in [1.82, 2.24) is 5.48 Å². The third kappa shape index (κ3) is 5.64. The molecule has 84 valence electrons. The maximum atomic E-state index is 6.92. The summed E-state index contributed by atoms with van der Waals surface area (Å²) >= 11 is 0. The van der Waals surface area contributed by atoms with Crippen LogP contribution >= 0.6 is 0 Å². The highest BCUT2D eigenvalue weighted by atomic mass is 16.6. The van der Waals surface area contributed by atoms with E-state index in [9.17, 15) is 0 Å². The van der Waals surface area contributed by atoms with E-state index in [0.717, 1.165) is 11.9 Å². The SMILES string of the molecule is CCNO/C(C)=C/C(=NC=N)/C(C)=C/N. The molecule has 15 heavy (non-hydrogen) atoms. The molecule has 4 N–H and O–H groups in total. The van der Waals surface area contributed by atoms with E-state index >= 15 is 0 Å². The molecule has 5 heteroatoms. The number of nitrogens with one attached hydrogen (secondary N) is 2. The van der Waals surface area contributed by atoms with Crippen LogP contribution in [0.15, 0.2) is 28.6 Å². The number of rotatable bonds is 6. The van der Waals surface area contributed by atoms with Crippen LogP contribution in [0.5, 0.6) is 0 Å². The van der Waals surface area contributed by atoms with Gasteiger partial charge in [-0.05, 0) is 32.5 Å². The topological polar surface area (TPSA) is 83.5 Å². The lowest BCUT2D eigenvalue weighted by molar-refractivity contribution is 0.112. The molecule has 0 aromatic carbocycles. The Balaban J connectivity index is 4.67. The van der Waals surface area contributed by atoms with E-state index in [1.165, 1.54) is 6.20 Å². The van der Waals surface area contributed by atoms with Crippen LogP contribution in [0.25, 0.3) is 0 Å². The second kappa shape index (κ2) is 7.75. The summed E-state index contributed by atoms with van der Waals surface area (Å²) in [4.78, 5) is 9.02. The lowest BCUT2D eigenvalue weighted by atomic mass is 10.2. The van der Waals surface area contributed by atoms with Crippen molar-refractivity contribution in [3.05, 3.63) is 23.6 Å². The summed E-state index contributed by atoms with van der Waals surface area (Å²) in [7, 11) is 0. The fourth-order valence-electron chi connectivity index (χ4n) is 0.816. The highest BCUT2D eigenvalue weighted by molar-refractivity contribution is 6.10. The van der Waals surface area contributed by atoms with Crippen molar-refractivity contribution in [2.75, 3.05) is 6.54 Å². The average molecular weight is 210 g/mol. The van der Waals surface area contributed by atoms with Gasteiger partial charge < -0.3 is 10.6 Å². The summed E-state index contributed by atoms with van der Waals surface area (Å²) in [6, 6.07) is 0. The monoisotopic (exact) mass is 210 g/mol. The summed E-state index contributed by atoms with van der Waals surface area (Å²) in [5.74, 6) is 0.665. The summed E-state index contributed by atoms with van der Waals surface area (Å²) in [5, 5.41) is 6.92. The van der Waals surface area contributed by atoms with Gasteiger partial charge in [0.25, 0.3) is 0 Å². The predicted octanol–water partition coefficient (Wildman–Crippen LogP) is 1.34. The molecule has 0 atom stereocenters. The smallest absolute Gasteiger partial charge is 0.123 e. The molecule has 0 aliphatic rings. The summed E-state index contributed by atoms with van der Waals surface area (Å²) in [6.07, 6.45) is 4.13. The molecule has 0 amide bonds. The first kappa shape index (κ1) is 13.4. The van der Waals surface area contributed by atoms with Crippen LogP contribution in [0.2, 0.25) is 0 Å². The zero-order valence-electron chi connectivity index (χ0n) is 9.37. The van der Waals surface area contributed by atoms with Gasteiger partial charge in [-0.1, -0.05) is 0 Å². The summed E-state index contributed by atoms with van der Waals surface area (Å²) < 4.78 is 0. The molecule has 0 saturated carbocycles. The molecular weight excluding hydrogens is 192 g/mol. The minimum absolute atomic E-state index is 0.614. The number of nitrogens with two attached hydrogens (primary N) is 1. The van der Waals surface area contributed by atoms with Gasteiger partial charge >= 0.3 is 0 Å². The lowest BCUT2D eigenvalue weighted by Crippen LogP contribution is -2.13. The van der Waals surface area contributed by atoms with Gasteiger partial charge in [-0.2, -0.15) is 5.48 Å². The van der Waals surface area contributed by atoms with E-state index in [1.807, 2.05) is 13.8 Å². The zero-order chi connectivity index (χ0) is 11.7. The Hall–Kier alpha value is -1.62. The molecule has 0 rings (SSSR count). The Morgan fingerprint density at radius 2 is 2.20 bits per heavy atom. The van der Waals surface area contributed by atoms with Gasteiger partial charge in [0.1, 0.15) is 12.1 Å². The highest BCUT2D eigenvalue weighted by Crippen LogP contribution is 2.01. The maximum absolute atomic E-state index is 6.92. The summed E-state index contributed by atoms with van der Waals surface area (Å²) in [6.45, 7) is 6.27. The van der Waals surface area contributed by atoms with Gasteiger partial charge in [0.2, 0.25) is 0 Å². The number of hydrogen-bond donors (Lipinski definition) is 3. The third-order valence-electron chi connectivity index (χ3n) is 1.58. The van der Waals surface area contributed by atoms with Crippen LogP contribution in [0, 0.1) is 5.41 Å². The minimum atomic E-state index is 0.614. The molecule has 0 bridgehead atoms. The van der Waals surface area contributed by atoms with Gasteiger partial charge in [-0.25, -0.2) is 4.99 Å². The van der Waals surface area contributed by atoms with Crippen LogP contribution in [-0.4, -0.2) is 18.6 Å². The molecule has 5 nitrogen and oxygen atoms in total. The second-order valence-corrected chi connectivity index (χ2v) is 2.85. The number of hydroxylamine groups is 1. The molecule has 0 unspecified atom stereocenters. The van der Waals surface area contributed by atoms with E-state index in [-0.39, 0.29) is 0 Å². The summed E-state index contributed by atoms with van der Waals surface area (Å²) in [5.41, 5.74) is 9.50. The molecule has 0 aromatic heterocycles. The van der Waals surface area contributed by atoms with Crippen LogP contribution in [0.3, 0.4) is 0 Å². The Morgan fingerprint density at radius 3 is 2.67 bits per heavy atom. The normalized spacial score (nSPS) is 13.9. The van der Waals surface area contributed by atoms with Crippen LogP contribution in [-0.2, 0) is 4.84 Å². The Bertz CT molecular complexity index is 292. The van der Waals surface area contributed by atoms with Crippen molar-refractivity contribution in [3.63, 3.8) is 0 Å². The van der Waals surface area contributed by atoms with Gasteiger partial charge in [-0.3, -0.25) is 5.41 Å². The molecule has 0 heterocycles. The Kier molecular flexibility index (Phi) is 6.92. The van der Waals surface area contributed by atoms with Crippen LogP contribution < -0.4 is 11.2 Å². The first-order valence-electron chi connectivity index (χ1n) is 4.69. The van der Waals surface area contributed by atoms with Crippen molar-refractivity contribution < 1.29 is 4.84 Å². The van der Waals surface area contributed by atoms with Crippen molar-refractivity contribution in [2.24, 2.45) is 10.7 Å². The average Bonchev–Trinajstić information content (AvgIpc) is 2.24. The van der Waals surface area contributed by atoms with Crippen LogP contribution in [0.4, 0.5) is 0 Å². The molecule has 0 aliphatic carbocycles. The zero-order valence-corrected chi connectivity index (χ0v) is 9.37. The number of aliphatic imine (C=N–C) groups is 1. The van der Waals surface area contributed by atoms with Crippen molar-refractivity contribution in [3.8, 4) is 0 Å². The van der Waals surface area contributed by atoms with E-state index in [1.54, 1.807) is 13.0 Å². The van der Waals surface area contributed by atoms with Crippen LogP contribution in [0.1, 0.15) is 20.8 Å². The number of nitrogens with zero attached hydrogens (tertiary/aromatic N) is 1. The van der Waals surface area contributed by atoms with Crippen molar-refractivity contribution >= 4 is 12.1 Å². The molecular formula is C10H18N4O. The molecule has 0 aromatic rings. The first-order valence-corrected chi connectivity index (χ1v) is 4.69. The predicted molar refractivity (Wildman–Crippen MR) is 62.7 cm³/mol. The third-order valence-corrected chi connectivity index (χ3v) is 1.58. The van der Waals surface area contributed by atoms with E-state index < -0.39 is 0 Å². The number of hydrogen-bond acceptors (Lipinski definition) is 4. The molecule has 0 fully saturated rings. The number of allylic oxidation sites excluding steroid dienone is 3. The van der Waals surface area contributed by atoms with E-state index in [2.05, 4.69) is 10.5 Å². The first-order chi connectivity index (χ1) is 7.15. The van der Waals surface area contributed by atoms with E-state index in [4.69, 9.17) is 16.0 Å². The Morgan fingerprint density at radius 1 is 1.53 bits per heavy atom. The molecule has 0 aliphatic heterocycles. The fourth-order valence-corrected chi connectivity index (χ4v) is 0.816. The van der Waals surface area contributed by atoms with Gasteiger partial charge in [-0.15, -0.1) is 0 Å². The fraction of sp³-hybridized carbons (Fsp3) is 0.400. The molecule has 0 radical (unpaired) electrons. The lowest BCUT2D eigenvalue weighted by Gasteiger charge is -2.05. The maximum Gasteiger partial charge on any atom is 0.123 e. The quantitative estimate of drug-likeness (QED) is 0.268. The molecule has 0 saturated heterocycles. The van der Waals surface area contributed by atoms with Gasteiger partial charge in [0.15, 0.2) is 0 Å². The largest absolute Gasteiger partial charge is 0.413 e. The highest BCUT2D eigenvalue weighted by Gasteiger charge is 1.99. The second-order valence-electron chi connectivity index (χ2n) is 2.85. The van der Waals surface area contributed by atoms with Gasteiger partial charge in [0, 0.05) is 12.6 Å².